The van der Waals surface area contributed by atoms with Gasteiger partial charge in [-0.05, 0) is 35.2 Å². The van der Waals surface area contributed by atoms with Crippen LogP contribution in [0.3, 0.4) is 0 Å². The molecule has 0 spiro atoms. The molecule has 0 radical (unpaired) electrons. The van der Waals surface area contributed by atoms with Crippen LogP contribution in [-0.4, -0.2) is 27.6 Å². The van der Waals surface area contributed by atoms with Crippen LogP contribution in [-0.2, 0) is 5.41 Å². The summed E-state index contributed by atoms with van der Waals surface area (Å²) in [5, 5.41) is 13.2. The maximum Gasteiger partial charge on any atom is 0.256 e. The number of carbonyl (C=O) groups excluding carboxylic acids is 1. The minimum atomic E-state index is -0.200. The molecule has 1 aromatic carbocycles. The van der Waals surface area contributed by atoms with E-state index in [0.717, 1.165) is 0 Å². The molecule has 0 saturated carbocycles. The minimum absolute atomic E-state index is 0.0520. The molecule has 0 aliphatic heterocycles. The van der Waals surface area contributed by atoms with Gasteiger partial charge in [0.15, 0.2) is 17.3 Å². The van der Waals surface area contributed by atoms with Crippen LogP contribution in [0.2, 0.25) is 0 Å². The van der Waals surface area contributed by atoms with Crippen LogP contribution >= 0.6 is 0 Å². The number of carbonyl (C=O) groups is 1. The topological polar surface area (TPSA) is 83.4 Å². The van der Waals surface area contributed by atoms with E-state index in [0.29, 0.717) is 22.8 Å². The number of nitrogens with zero attached hydrogens (tertiary/aromatic N) is 3. The van der Waals surface area contributed by atoms with Gasteiger partial charge in [-0.2, -0.15) is 0 Å². The quantitative estimate of drug-likeness (QED) is 0.646. The molecule has 7 heteroatoms. The first-order valence-electron chi connectivity index (χ1n) is 8.74. The van der Waals surface area contributed by atoms with Crippen molar-refractivity contribution in [3.8, 4) is 0 Å². The molecular formula is C20H24N6O. The Balaban J connectivity index is 1.73. The second kappa shape index (κ2) is 7.49. The molecule has 0 unspecified atom stereocenters. The van der Waals surface area contributed by atoms with Crippen molar-refractivity contribution in [3.63, 3.8) is 0 Å². The smallest absolute Gasteiger partial charge is 0.256 e. The Bertz CT molecular complexity index is 966. The third-order valence-corrected chi connectivity index (χ3v) is 4.06. The van der Waals surface area contributed by atoms with Crippen LogP contribution in [0.15, 0.2) is 55.0 Å². The lowest BCUT2D eigenvalue weighted by molar-refractivity contribution is 0.102. The molecule has 2 heterocycles. The number of aromatic nitrogens is 3. The first-order chi connectivity index (χ1) is 12.9. The Hall–Kier alpha value is -3.35. The van der Waals surface area contributed by atoms with Crippen molar-refractivity contribution in [1.82, 2.24) is 19.9 Å². The van der Waals surface area contributed by atoms with Crippen LogP contribution in [0.5, 0.6) is 0 Å². The normalized spacial score (nSPS) is 11.7. The summed E-state index contributed by atoms with van der Waals surface area (Å²) < 4.78 is 1.62. The zero-order valence-electron chi connectivity index (χ0n) is 15.9. The molecule has 3 N–H and O–H groups in total. The van der Waals surface area contributed by atoms with Gasteiger partial charge in [-0.15, -0.1) is 5.10 Å². The van der Waals surface area contributed by atoms with E-state index in [1.165, 1.54) is 5.56 Å². The lowest BCUT2D eigenvalue weighted by Crippen LogP contribution is -2.14. The lowest BCUT2D eigenvalue weighted by Gasteiger charge is -2.18. The van der Waals surface area contributed by atoms with Crippen LogP contribution in [0, 0.1) is 0 Å². The molecule has 0 fully saturated rings. The Kier molecular flexibility index (Phi) is 5.12. The fourth-order valence-electron chi connectivity index (χ4n) is 2.54. The van der Waals surface area contributed by atoms with Crippen LogP contribution in [0.4, 0.5) is 11.6 Å². The SMILES string of the molecule is CN/C=C\Nc1ccc2nc(NC(=O)c3ccc(C(C)(C)C)cc3)cn2n1. The molecule has 0 aliphatic carbocycles. The van der Waals surface area contributed by atoms with E-state index < -0.39 is 0 Å². The summed E-state index contributed by atoms with van der Waals surface area (Å²) in [6.45, 7) is 6.43. The monoisotopic (exact) mass is 364 g/mol. The third-order valence-electron chi connectivity index (χ3n) is 4.06. The van der Waals surface area contributed by atoms with Crippen LogP contribution in [0.1, 0.15) is 36.7 Å². The molecule has 1 amide bonds. The van der Waals surface area contributed by atoms with Crippen molar-refractivity contribution in [2.24, 2.45) is 0 Å². The minimum Gasteiger partial charge on any atom is -0.393 e. The molecule has 7 nitrogen and oxygen atoms in total. The van der Waals surface area contributed by atoms with Crippen molar-refractivity contribution in [1.29, 1.82) is 0 Å². The maximum atomic E-state index is 12.5. The molecule has 3 rings (SSSR count). The molecule has 140 valence electrons. The Morgan fingerprint density at radius 1 is 1.04 bits per heavy atom. The number of nitrogens with one attached hydrogen (secondary N) is 3. The fourth-order valence-corrected chi connectivity index (χ4v) is 2.54. The van der Waals surface area contributed by atoms with Crippen LogP contribution < -0.4 is 16.0 Å². The van der Waals surface area contributed by atoms with Gasteiger partial charge in [0.25, 0.3) is 5.91 Å². The number of hydrogen-bond acceptors (Lipinski definition) is 5. The maximum absolute atomic E-state index is 12.5. The highest BCUT2D eigenvalue weighted by Crippen LogP contribution is 2.22. The van der Waals surface area contributed by atoms with Gasteiger partial charge in [-0.1, -0.05) is 32.9 Å². The number of fused-ring (bicyclic) bond motifs is 1. The van der Waals surface area contributed by atoms with Crippen molar-refractivity contribution in [3.05, 3.63) is 66.1 Å². The van der Waals surface area contributed by atoms with Crippen LogP contribution in [0.25, 0.3) is 5.65 Å². The Morgan fingerprint density at radius 2 is 1.78 bits per heavy atom. The van der Waals surface area contributed by atoms with Crippen molar-refractivity contribution in [2.45, 2.75) is 26.2 Å². The Morgan fingerprint density at radius 3 is 2.44 bits per heavy atom. The summed E-state index contributed by atoms with van der Waals surface area (Å²) in [6, 6.07) is 11.3. The van der Waals surface area contributed by atoms with Crippen molar-refractivity contribution < 1.29 is 4.79 Å². The van der Waals surface area contributed by atoms with Gasteiger partial charge in [0, 0.05) is 25.0 Å². The molecule has 0 atom stereocenters. The van der Waals surface area contributed by atoms with E-state index >= 15 is 0 Å². The summed E-state index contributed by atoms with van der Waals surface area (Å²) in [5.74, 6) is 0.923. The van der Waals surface area contributed by atoms with Gasteiger partial charge in [-0.25, -0.2) is 9.50 Å². The summed E-state index contributed by atoms with van der Waals surface area (Å²) in [4.78, 5) is 16.9. The zero-order valence-corrected chi connectivity index (χ0v) is 15.9. The average Bonchev–Trinajstić information content (AvgIpc) is 3.03. The standard InChI is InChI=1S/C20H24N6O/c1-20(2,3)15-7-5-14(6-8-15)19(27)24-17-13-26-18(23-17)10-9-16(25-26)22-12-11-21-4/h5-13,21H,1-4H3,(H,22,25)(H,24,27)/b12-11-. The van der Waals surface area contributed by atoms with Gasteiger partial charge in [-0.3, -0.25) is 4.79 Å². The number of amides is 1. The van der Waals surface area contributed by atoms with E-state index in [4.69, 9.17) is 0 Å². The summed E-state index contributed by atoms with van der Waals surface area (Å²) in [7, 11) is 1.82. The molecule has 0 bridgehead atoms. The van der Waals surface area contributed by atoms with Gasteiger partial charge in [0.05, 0.1) is 6.20 Å². The van der Waals surface area contributed by atoms with Crippen molar-refractivity contribution >= 4 is 23.2 Å². The van der Waals surface area contributed by atoms with E-state index in [1.54, 1.807) is 23.1 Å². The Labute approximate surface area is 158 Å². The number of anilines is 2. The highest BCUT2D eigenvalue weighted by molar-refractivity contribution is 6.03. The number of imidazole rings is 1. The van der Waals surface area contributed by atoms with Gasteiger partial charge in [0.1, 0.15) is 0 Å². The van der Waals surface area contributed by atoms with Gasteiger partial charge < -0.3 is 16.0 Å². The second-order valence-corrected chi connectivity index (χ2v) is 7.20. The first kappa shape index (κ1) is 18.4. The van der Waals surface area contributed by atoms with E-state index in [9.17, 15) is 4.79 Å². The largest absolute Gasteiger partial charge is 0.393 e. The number of hydrogen-bond donors (Lipinski definition) is 3. The first-order valence-corrected chi connectivity index (χ1v) is 8.74. The highest BCUT2D eigenvalue weighted by atomic mass is 16.1. The molecule has 3 aromatic rings. The molecule has 0 aliphatic rings. The predicted octanol–water partition coefficient (Wildman–Crippen LogP) is 3.38. The zero-order chi connectivity index (χ0) is 19.4. The summed E-state index contributed by atoms with van der Waals surface area (Å²) in [5.41, 5.74) is 2.48. The third kappa shape index (κ3) is 4.44. The van der Waals surface area contributed by atoms with Gasteiger partial charge >= 0.3 is 0 Å². The molecule has 0 saturated heterocycles. The molecule has 27 heavy (non-hydrogen) atoms. The average molecular weight is 364 g/mol. The van der Waals surface area contributed by atoms with E-state index in [1.807, 2.05) is 43.4 Å². The summed E-state index contributed by atoms with van der Waals surface area (Å²) >= 11 is 0. The summed E-state index contributed by atoms with van der Waals surface area (Å²) in [6.07, 6.45) is 5.19. The lowest BCUT2D eigenvalue weighted by atomic mass is 9.87. The van der Waals surface area contributed by atoms with Crippen molar-refractivity contribution in [2.75, 3.05) is 17.7 Å². The highest BCUT2D eigenvalue weighted by Gasteiger charge is 2.15. The molecular weight excluding hydrogens is 340 g/mol. The van der Waals surface area contributed by atoms with Gasteiger partial charge in [0.2, 0.25) is 0 Å². The van der Waals surface area contributed by atoms with E-state index in [2.05, 4.69) is 46.8 Å². The predicted molar refractivity (Wildman–Crippen MR) is 108 cm³/mol. The number of benzene rings is 1. The van der Waals surface area contributed by atoms with E-state index in [-0.39, 0.29) is 11.3 Å². The second-order valence-electron chi connectivity index (χ2n) is 7.20. The molecule has 2 aromatic heterocycles. The fraction of sp³-hybridized carbons (Fsp3) is 0.250. The number of rotatable bonds is 5.